The van der Waals surface area contributed by atoms with Crippen LogP contribution in [0, 0.1) is 5.82 Å². The molecule has 1 heterocycles. The van der Waals surface area contributed by atoms with Crippen LogP contribution in [0.15, 0.2) is 30.3 Å². The van der Waals surface area contributed by atoms with Crippen LogP contribution in [0.5, 0.6) is 11.6 Å². The Hall–Kier alpha value is -1.88. The second-order valence-corrected chi connectivity index (χ2v) is 3.98. The van der Waals surface area contributed by atoms with E-state index < -0.39 is 5.82 Å². The SMILES string of the molecule is CCOc1cc(Cl)nc(COc2ccccc2F)n1. The molecule has 0 spiro atoms. The summed E-state index contributed by atoms with van der Waals surface area (Å²) in [6.45, 7) is 2.33. The van der Waals surface area contributed by atoms with Gasteiger partial charge in [-0.15, -0.1) is 0 Å². The van der Waals surface area contributed by atoms with Crippen LogP contribution in [-0.2, 0) is 6.61 Å². The fourth-order valence-electron chi connectivity index (χ4n) is 1.43. The van der Waals surface area contributed by atoms with Gasteiger partial charge in [-0.3, -0.25) is 0 Å². The van der Waals surface area contributed by atoms with Gasteiger partial charge in [0.15, 0.2) is 17.4 Å². The average molecular weight is 283 g/mol. The van der Waals surface area contributed by atoms with Crippen molar-refractivity contribution < 1.29 is 13.9 Å². The minimum absolute atomic E-state index is 0.0154. The number of halogens is 2. The van der Waals surface area contributed by atoms with Gasteiger partial charge >= 0.3 is 0 Å². The topological polar surface area (TPSA) is 44.2 Å². The third-order valence-electron chi connectivity index (χ3n) is 2.20. The molecule has 0 radical (unpaired) electrons. The van der Waals surface area contributed by atoms with Crippen molar-refractivity contribution in [2.75, 3.05) is 6.61 Å². The predicted octanol–water partition coefficient (Wildman–Crippen LogP) is 3.25. The summed E-state index contributed by atoms with van der Waals surface area (Å²) in [7, 11) is 0. The first-order valence-corrected chi connectivity index (χ1v) is 6.10. The maximum Gasteiger partial charge on any atom is 0.218 e. The molecule has 0 unspecified atom stereocenters. The summed E-state index contributed by atoms with van der Waals surface area (Å²) in [5.74, 6) is 0.410. The number of para-hydroxylation sites is 1. The molecular formula is C13H12ClFN2O2. The van der Waals surface area contributed by atoms with Crippen molar-refractivity contribution in [3.05, 3.63) is 47.1 Å². The van der Waals surface area contributed by atoms with Crippen LogP contribution in [0.4, 0.5) is 4.39 Å². The second kappa shape index (κ2) is 6.33. The summed E-state index contributed by atoms with van der Waals surface area (Å²) in [6.07, 6.45) is 0. The molecule has 2 aromatic rings. The average Bonchev–Trinajstić information content (AvgIpc) is 2.37. The van der Waals surface area contributed by atoms with Crippen LogP contribution in [-0.4, -0.2) is 16.6 Å². The third kappa shape index (κ3) is 3.79. The van der Waals surface area contributed by atoms with E-state index >= 15 is 0 Å². The first kappa shape index (κ1) is 13.5. The van der Waals surface area contributed by atoms with E-state index in [1.54, 1.807) is 12.1 Å². The first-order chi connectivity index (χ1) is 9.19. The number of nitrogens with zero attached hydrogens (tertiary/aromatic N) is 2. The number of aromatic nitrogens is 2. The van der Waals surface area contributed by atoms with Gasteiger partial charge in [0, 0.05) is 6.07 Å². The number of ether oxygens (including phenoxy) is 2. The molecule has 1 aromatic heterocycles. The summed E-state index contributed by atoms with van der Waals surface area (Å²) in [6, 6.07) is 7.63. The molecule has 0 atom stereocenters. The van der Waals surface area contributed by atoms with E-state index in [4.69, 9.17) is 21.1 Å². The molecular weight excluding hydrogens is 271 g/mol. The van der Waals surface area contributed by atoms with Crippen molar-refractivity contribution in [1.29, 1.82) is 0 Å². The van der Waals surface area contributed by atoms with E-state index in [1.165, 1.54) is 18.2 Å². The molecule has 4 nitrogen and oxygen atoms in total. The number of benzene rings is 1. The van der Waals surface area contributed by atoms with Gasteiger partial charge in [-0.05, 0) is 19.1 Å². The van der Waals surface area contributed by atoms with Gasteiger partial charge in [0.05, 0.1) is 6.61 Å². The van der Waals surface area contributed by atoms with Crippen molar-refractivity contribution in [2.45, 2.75) is 13.5 Å². The minimum atomic E-state index is -0.436. The fraction of sp³-hybridized carbons (Fsp3) is 0.231. The normalized spacial score (nSPS) is 10.3. The van der Waals surface area contributed by atoms with Gasteiger partial charge in [0.1, 0.15) is 11.8 Å². The Morgan fingerprint density at radius 1 is 1.21 bits per heavy atom. The molecule has 0 saturated heterocycles. The van der Waals surface area contributed by atoms with Crippen molar-refractivity contribution in [1.82, 2.24) is 9.97 Å². The first-order valence-electron chi connectivity index (χ1n) is 5.72. The summed E-state index contributed by atoms with van der Waals surface area (Å²) in [5.41, 5.74) is 0. The Kier molecular flexibility index (Phi) is 4.52. The standard InChI is InChI=1S/C13H12ClFN2O2/c1-2-18-13-7-11(14)16-12(17-13)8-19-10-6-4-3-5-9(10)15/h3-7H,2,8H2,1H3. The molecule has 100 valence electrons. The van der Waals surface area contributed by atoms with Gasteiger partial charge in [0.2, 0.25) is 5.88 Å². The molecule has 0 fully saturated rings. The Bertz CT molecular complexity index is 566. The van der Waals surface area contributed by atoms with Gasteiger partial charge in [-0.25, -0.2) is 9.37 Å². The molecule has 2 rings (SSSR count). The Labute approximate surface area is 115 Å². The van der Waals surface area contributed by atoms with Crippen LogP contribution in [0.3, 0.4) is 0 Å². The molecule has 0 N–H and O–H groups in total. The molecule has 0 aliphatic rings. The van der Waals surface area contributed by atoms with Crippen molar-refractivity contribution in [3.8, 4) is 11.6 Å². The zero-order valence-electron chi connectivity index (χ0n) is 10.3. The molecule has 6 heteroatoms. The monoisotopic (exact) mass is 282 g/mol. The largest absolute Gasteiger partial charge is 0.483 e. The maximum atomic E-state index is 13.4. The number of hydrogen-bond donors (Lipinski definition) is 0. The summed E-state index contributed by atoms with van der Waals surface area (Å²) < 4.78 is 23.9. The van der Waals surface area contributed by atoms with Crippen LogP contribution in [0.25, 0.3) is 0 Å². The third-order valence-corrected chi connectivity index (χ3v) is 2.40. The van der Waals surface area contributed by atoms with Gasteiger partial charge in [-0.2, -0.15) is 4.98 Å². The Morgan fingerprint density at radius 3 is 2.74 bits per heavy atom. The van der Waals surface area contributed by atoms with Crippen molar-refractivity contribution in [3.63, 3.8) is 0 Å². The summed E-state index contributed by atoms with van der Waals surface area (Å²) in [5, 5.41) is 0.255. The lowest BCUT2D eigenvalue weighted by Crippen LogP contribution is -2.05. The maximum absolute atomic E-state index is 13.4. The number of hydrogen-bond acceptors (Lipinski definition) is 4. The minimum Gasteiger partial charge on any atom is -0.483 e. The summed E-state index contributed by atoms with van der Waals surface area (Å²) in [4.78, 5) is 8.09. The molecule has 0 saturated carbocycles. The smallest absolute Gasteiger partial charge is 0.218 e. The highest BCUT2D eigenvalue weighted by Gasteiger charge is 2.07. The predicted molar refractivity (Wildman–Crippen MR) is 68.9 cm³/mol. The highest BCUT2D eigenvalue weighted by molar-refractivity contribution is 6.29. The lowest BCUT2D eigenvalue weighted by molar-refractivity contribution is 0.274. The van der Waals surface area contributed by atoms with Crippen LogP contribution < -0.4 is 9.47 Å². The Morgan fingerprint density at radius 2 is 2.00 bits per heavy atom. The number of rotatable bonds is 5. The van der Waals surface area contributed by atoms with Crippen molar-refractivity contribution >= 4 is 11.6 Å². The highest BCUT2D eigenvalue weighted by atomic mass is 35.5. The van der Waals surface area contributed by atoms with E-state index in [-0.39, 0.29) is 17.5 Å². The highest BCUT2D eigenvalue weighted by Crippen LogP contribution is 2.18. The van der Waals surface area contributed by atoms with E-state index in [0.29, 0.717) is 18.3 Å². The molecule has 0 aliphatic carbocycles. The van der Waals surface area contributed by atoms with Gasteiger partial charge in [0.25, 0.3) is 0 Å². The van der Waals surface area contributed by atoms with Crippen LogP contribution in [0.2, 0.25) is 5.15 Å². The molecule has 19 heavy (non-hydrogen) atoms. The summed E-state index contributed by atoms with van der Waals surface area (Å²) >= 11 is 5.84. The van der Waals surface area contributed by atoms with Crippen LogP contribution in [0.1, 0.15) is 12.7 Å². The molecule has 0 aliphatic heterocycles. The Balaban J connectivity index is 2.09. The van der Waals surface area contributed by atoms with Gasteiger partial charge < -0.3 is 9.47 Å². The van der Waals surface area contributed by atoms with E-state index in [0.717, 1.165) is 0 Å². The molecule has 0 bridgehead atoms. The zero-order valence-corrected chi connectivity index (χ0v) is 11.0. The van der Waals surface area contributed by atoms with Crippen molar-refractivity contribution in [2.24, 2.45) is 0 Å². The van der Waals surface area contributed by atoms with E-state index in [2.05, 4.69) is 9.97 Å². The second-order valence-electron chi connectivity index (χ2n) is 3.60. The molecule has 0 amide bonds. The lowest BCUT2D eigenvalue weighted by atomic mass is 10.3. The quantitative estimate of drug-likeness (QED) is 0.790. The van der Waals surface area contributed by atoms with Crippen LogP contribution >= 0.6 is 11.6 Å². The lowest BCUT2D eigenvalue weighted by Gasteiger charge is -2.08. The zero-order chi connectivity index (χ0) is 13.7. The van der Waals surface area contributed by atoms with E-state index in [9.17, 15) is 4.39 Å². The fourth-order valence-corrected chi connectivity index (χ4v) is 1.62. The van der Waals surface area contributed by atoms with Gasteiger partial charge in [-0.1, -0.05) is 23.7 Å². The van der Waals surface area contributed by atoms with E-state index in [1.807, 2.05) is 6.92 Å². The molecule has 1 aromatic carbocycles.